The summed E-state index contributed by atoms with van der Waals surface area (Å²) in [6.45, 7) is 6.42. The van der Waals surface area contributed by atoms with Gasteiger partial charge in [-0.2, -0.15) is 13.2 Å². The first-order valence-electron chi connectivity index (χ1n) is 5.97. The van der Waals surface area contributed by atoms with Gasteiger partial charge in [0.25, 0.3) is 0 Å². The Balaban J connectivity index is 2.79. The van der Waals surface area contributed by atoms with Crippen molar-refractivity contribution in [3.63, 3.8) is 0 Å². The van der Waals surface area contributed by atoms with Crippen molar-refractivity contribution in [2.24, 2.45) is 0 Å². The van der Waals surface area contributed by atoms with Gasteiger partial charge in [-0.1, -0.05) is 31.2 Å². The van der Waals surface area contributed by atoms with Gasteiger partial charge in [-0.3, -0.25) is 0 Å². The average Bonchev–Trinajstić information content (AvgIpc) is 2.29. The van der Waals surface area contributed by atoms with Gasteiger partial charge < -0.3 is 5.32 Å². The van der Waals surface area contributed by atoms with Crippen molar-refractivity contribution >= 4 is 0 Å². The fourth-order valence-electron chi connectivity index (χ4n) is 1.89. The third kappa shape index (κ3) is 4.53. The van der Waals surface area contributed by atoms with Crippen LogP contribution in [0.5, 0.6) is 0 Å². The molecule has 0 aliphatic carbocycles. The zero-order valence-electron chi connectivity index (χ0n) is 10.4. The SMILES string of the molecule is C=CCC(Cc1cccc(C(F)(F)F)c1)NCC. The summed E-state index contributed by atoms with van der Waals surface area (Å²) >= 11 is 0. The van der Waals surface area contributed by atoms with E-state index in [4.69, 9.17) is 0 Å². The van der Waals surface area contributed by atoms with Crippen LogP contribution in [0.15, 0.2) is 36.9 Å². The standard InChI is InChI=1S/C14H18F3N/c1-3-6-13(18-4-2)10-11-7-5-8-12(9-11)14(15,16)17/h3,5,7-9,13,18H,1,4,6,10H2,2H3. The van der Waals surface area contributed by atoms with E-state index in [-0.39, 0.29) is 6.04 Å². The number of benzene rings is 1. The number of rotatable bonds is 6. The van der Waals surface area contributed by atoms with Crippen molar-refractivity contribution < 1.29 is 13.2 Å². The second-order valence-corrected chi connectivity index (χ2v) is 4.18. The highest BCUT2D eigenvalue weighted by molar-refractivity contribution is 5.26. The minimum absolute atomic E-state index is 0.135. The van der Waals surface area contributed by atoms with Crippen LogP contribution in [0.4, 0.5) is 13.2 Å². The Kier molecular flexibility index (Phi) is 5.41. The average molecular weight is 257 g/mol. The summed E-state index contributed by atoms with van der Waals surface area (Å²) in [5, 5.41) is 3.24. The van der Waals surface area contributed by atoms with Crippen LogP contribution in [-0.4, -0.2) is 12.6 Å². The lowest BCUT2D eigenvalue weighted by atomic mass is 10.0. The number of hydrogen-bond donors (Lipinski definition) is 1. The number of hydrogen-bond acceptors (Lipinski definition) is 1. The van der Waals surface area contributed by atoms with Gasteiger partial charge in [0.1, 0.15) is 0 Å². The Bertz CT molecular complexity index is 385. The molecule has 0 saturated heterocycles. The molecule has 4 heteroatoms. The third-order valence-corrected chi connectivity index (χ3v) is 2.68. The van der Waals surface area contributed by atoms with E-state index in [1.807, 2.05) is 6.92 Å². The van der Waals surface area contributed by atoms with Gasteiger partial charge >= 0.3 is 6.18 Å². The van der Waals surface area contributed by atoms with E-state index in [9.17, 15) is 13.2 Å². The Morgan fingerprint density at radius 3 is 2.67 bits per heavy atom. The Morgan fingerprint density at radius 2 is 2.11 bits per heavy atom. The zero-order chi connectivity index (χ0) is 13.6. The quantitative estimate of drug-likeness (QED) is 0.764. The van der Waals surface area contributed by atoms with Gasteiger partial charge in [0.2, 0.25) is 0 Å². The highest BCUT2D eigenvalue weighted by Crippen LogP contribution is 2.29. The first kappa shape index (κ1) is 14.8. The summed E-state index contributed by atoms with van der Waals surface area (Å²) in [5.74, 6) is 0. The summed E-state index contributed by atoms with van der Waals surface area (Å²) in [5.41, 5.74) is 0.103. The second kappa shape index (κ2) is 6.59. The first-order chi connectivity index (χ1) is 8.47. The Morgan fingerprint density at radius 1 is 1.39 bits per heavy atom. The van der Waals surface area contributed by atoms with Crippen LogP contribution in [0.3, 0.4) is 0 Å². The Hall–Kier alpha value is -1.29. The summed E-state index contributed by atoms with van der Waals surface area (Å²) < 4.78 is 37.7. The second-order valence-electron chi connectivity index (χ2n) is 4.18. The van der Waals surface area contributed by atoms with Gasteiger partial charge in [-0.15, -0.1) is 6.58 Å². The fraction of sp³-hybridized carbons (Fsp3) is 0.429. The predicted molar refractivity (Wildman–Crippen MR) is 67.4 cm³/mol. The monoisotopic (exact) mass is 257 g/mol. The van der Waals surface area contributed by atoms with Gasteiger partial charge in [-0.05, 0) is 31.0 Å². The lowest BCUT2D eigenvalue weighted by Crippen LogP contribution is -2.30. The molecule has 1 N–H and O–H groups in total. The molecule has 18 heavy (non-hydrogen) atoms. The van der Waals surface area contributed by atoms with Crippen LogP contribution in [0, 0.1) is 0 Å². The zero-order valence-corrected chi connectivity index (χ0v) is 10.4. The molecule has 0 amide bonds. The summed E-state index contributed by atoms with van der Waals surface area (Å²) in [6.07, 6.45) is -1.18. The van der Waals surface area contributed by atoms with Crippen molar-refractivity contribution in [3.05, 3.63) is 48.0 Å². The largest absolute Gasteiger partial charge is 0.416 e. The molecule has 1 unspecified atom stereocenters. The van der Waals surface area contributed by atoms with Gasteiger partial charge in [0, 0.05) is 6.04 Å². The van der Waals surface area contributed by atoms with Crippen molar-refractivity contribution in [1.82, 2.24) is 5.32 Å². The molecule has 0 fully saturated rings. The van der Waals surface area contributed by atoms with Crippen molar-refractivity contribution in [1.29, 1.82) is 0 Å². The van der Waals surface area contributed by atoms with E-state index in [0.29, 0.717) is 12.0 Å². The van der Waals surface area contributed by atoms with Crippen LogP contribution in [0.25, 0.3) is 0 Å². The molecule has 0 bridgehead atoms. The molecule has 0 saturated carbocycles. The smallest absolute Gasteiger partial charge is 0.314 e. The molecule has 100 valence electrons. The highest BCUT2D eigenvalue weighted by atomic mass is 19.4. The molecule has 1 aromatic rings. The lowest BCUT2D eigenvalue weighted by Gasteiger charge is -2.17. The van der Waals surface area contributed by atoms with E-state index in [2.05, 4.69) is 11.9 Å². The summed E-state index contributed by atoms with van der Waals surface area (Å²) in [4.78, 5) is 0. The van der Waals surface area contributed by atoms with E-state index in [1.54, 1.807) is 12.1 Å². The molecule has 1 aromatic carbocycles. The molecular weight excluding hydrogens is 239 g/mol. The van der Waals surface area contributed by atoms with Gasteiger partial charge in [0.15, 0.2) is 0 Å². The molecule has 0 aromatic heterocycles. The first-order valence-corrected chi connectivity index (χ1v) is 5.97. The number of nitrogens with one attached hydrogen (secondary N) is 1. The number of likely N-dealkylation sites (N-methyl/N-ethyl adjacent to an activating group) is 1. The molecule has 0 radical (unpaired) electrons. The summed E-state index contributed by atoms with van der Waals surface area (Å²) in [7, 11) is 0. The normalized spacial score (nSPS) is 13.3. The van der Waals surface area contributed by atoms with Crippen molar-refractivity contribution in [3.8, 4) is 0 Å². The lowest BCUT2D eigenvalue weighted by molar-refractivity contribution is -0.137. The molecule has 0 aliphatic heterocycles. The fourth-order valence-corrected chi connectivity index (χ4v) is 1.89. The number of halogens is 3. The maximum atomic E-state index is 12.6. The topological polar surface area (TPSA) is 12.0 Å². The maximum absolute atomic E-state index is 12.6. The van der Waals surface area contributed by atoms with Crippen molar-refractivity contribution in [2.45, 2.75) is 32.0 Å². The van der Waals surface area contributed by atoms with Gasteiger partial charge in [-0.25, -0.2) is 0 Å². The maximum Gasteiger partial charge on any atom is 0.416 e. The van der Waals surface area contributed by atoms with E-state index >= 15 is 0 Å². The van der Waals surface area contributed by atoms with Crippen molar-refractivity contribution in [2.75, 3.05) is 6.54 Å². The predicted octanol–water partition coefficient (Wildman–Crippen LogP) is 3.80. The van der Waals surface area contributed by atoms with Crippen LogP contribution in [0.2, 0.25) is 0 Å². The molecule has 1 nitrogen and oxygen atoms in total. The third-order valence-electron chi connectivity index (χ3n) is 2.68. The Labute approximate surface area is 106 Å². The van der Waals surface area contributed by atoms with Crippen LogP contribution in [0.1, 0.15) is 24.5 Å². The van der Waals surface area contributed by atoms with Crippen LogP contribution < -0.4 is 5.32 Å². The van der Waals surface area contributed by atoms with Crippen LogP contribution in [-0.2, 0) is 12.6 Å². The minimum atomic E-state index is -4.28. The highest BCUT2D eigenvalue weighted by Gasteiger charge is 2.30. The van der Waals surface area contributed by atoms with E-state index < -0.39 is 11.7 Å². The van der Waals surface area contributed by atoms with Gasteiger partial charge in [0.05, 0.1) is 5.56 Å². The molecule has 1 atom stereocenters. The number of alkyl halides is 3. The minimum Gasteiger partial charge on any atom is -0.314 e. The van der Waals surface area contributed by atoms with E-state index in [1.165, 1.54) is 12.1 Å². The molecule has 1 rings (SSSR count). The molecular formula is C14H18F3N. The molecule has 0 aliphatic rings. The molecule has 0 heterocycles. The van der Waals surface area contributed by atoms with Crippen LogP contribution >= 0.6 is 0 Å². The molecule has 0 spiro atoms. The summed E-state index contributed by atoms with van der Waals surface area (Å²) in [6, 6.07) is 5.63. The van der Waals surface area contributed by atoms with E-state index in [0.717, 1.165) is 19.0 Å².